The second kappa shape index (κ2) is 9.78. The summed E-state index contributed by atoms with van der Waals surface area (Å²) in [6.07, 6.45) is 4.63. The zero-order valence-corrected chi connectivity index (χ0v) is 19.3. The first-order valence-corrected chi connectivity index (χ1v) is 10.9. The molecule has 2 atom stereocenters. The van der Waals surface area contributed by atoms with E-state index < -0.39 is 0 Å². The Kier molecular flexibility index (Phi) is 7.56. The van der Waals surface area contributed by atoms with Gasteiger partial charge in [0.2, 0.25) is 5.91 Å². The second-order valence-corrected chi connectivity index (χ2v) is 8.92. The summed E-state index contributed by atoms with van der Waals surface area (Å²) < 4.78 is 0. The fourth-order valence-corrected chi connectivity index (χ4v) is 5.11. The fourth-order valence-electron chi connectivity index (χ4n) is 4.79. The minimum absolute atomic E-state index is 0. The predicted molar refractivity (Wildman–Crippen MR) is 124 cm³/mol. The molecule has 0 unspecified atom stereocenters. The van der Waals surface area contributed by atoms with Gasteiger partial charge in [-0.3, -0.25) is 9.69 Å². The van der Waals surface area contributed by atoms with Gasteiger partial charge in [-0.1, -0.05) is 35.3 Å². The molecule has 1 fully saturated rings. The Morgan fingerprint density at radius 3 is 2.57 bits per heavy atom. The first-order chi connectivity index (χ1) is 13.9. The summed E-state index contributed by atoms with van der Waals surface area (Å²) in [4.78, 5) is 17.6. The number of phenols is 1. The van der Waals surface area contributed by atoms with Crippen molar-refractivity contribution in [2.45, 2.75) is 44.2 Å². The number of amides is 1. The van der Waals surface area contributed by atoms with E-state index in [1.807, 2.05) is 30.1 Å². The van der Waals surface area contributed by atoms with Gasteiger partial charge < -0.3 is 10.0 Å². The van der Waals surface area contributed by atoms with Gasteiger partial charge in [0.05, 0.1) is 22.5 Å². The third kappa shape index (κ3) is 4.72. The zero-order valence-electron chi connectivity index (χ0n) is 17.0. The van der Waals surface area contributed by atoms with Crippen LogP contribution in [0.4, 0.5) is 0 Å². The molecule has 4 rings (SSSR count). The summed E-state index contributed by atoms with van der Waals surface area (Å²) in [5.74, 6) is 0.338. The monoisotopic (exact) mass is 468 g/mol. The molecule has 1 N–H and O–H groups in total. The van der Waals surface area contributed by atoms with E-state index in [0.717, 1.165) is 42.6 Å². The van der Waals surface area contributed by atoms with E-state index in [0.29, 0.717) is 16.1 Å². The molecule has 1 amide bonds. The van der Waals surface area contributed by atoms with Crippen molar-refractivity contribution in [3.8, 4) is 5.75 Å². The summed E-state index contributed by atoms with van der Waals surface area (Å²) in [7, 11) is 1.90. The Morgan fingerprint density at radius 1 is 1.13 bits per heavy atom. The maximum atomic E-state index is 13.2. The van der Waals surface area contributed by atoms with Crippen molar-refractivity contribution in [1.29, 1.82) is 0 Å². The number of nitrogens with zero attached hydrogens (tertiary/aromatic N) is 2. The molecule has 0 saturated carbocycles. The molecule has 1 saturated heterocycles. The average molecular weight is 470 g/mol. The number of carbonyl (C=O) groups excluding carboxylic acids is 1. The van der Waals surface area contributed by atoms with E-state index in [9.17, 15) is 9.90 Å². The van der Waals surface area contributed by atoms with Crippen molar-refractivity contribution in [2.75, 3.05) is 20.1 Å². The molecule has 0 radical (unpaired) electrons. The molecule has 0 bridgehead atoms. The van der Waals surface area contributed by atoms with Gasteiger partial charge in [0.1, 0.15) is 5.75 Å². The molecule has 1 heterocycles. The number of phenolic OH excluding ortho intramolecular Hbond substituents is 1. The predicted octanol–water partition coefficient (Wildman–Crippen LogP) is 5.27. The first kappa shape index (κ1) is 23.2. The minimum atomic E-state index is -0.0206. The topological polar surface area (TPSA) is 43.8 Å². The van der Waals surface area contributed by atoms with Crippen LogP contribution in [0.25, 0.3) is 0 Å². The number of likely N-dealkylation sites (tertiary alicyclic amines) is 1. The number of benzene rings is 2. The Bertz CT molecular complexity index is 915. The van der Waals surface area contributed by atoms with Crippen LogP contribution in [0.2, 0.25) is 10.0 Å². The van der Waals surface area contributed by atoms with Gasteiger partial charge in [-0.15, -0.1) is 12.4 Å². The molecule has 0 spiro atoms. The van der Waals surface area contributed by atoms with Crippen LogP contribution in [-0.2, 0) is 17.6 Å². The van der Waals surface area contributed by atoms with Crippen molar-refractivity contribution in [3.05, 3.63) is 63.1 Å². The Labute approximate surface area is 194 Å². The van der Waals surface area contributed by atoms with E-state index in [1.54, 1.807) is 18.2 Å². The average Bonchev–Trinajstić information content (AvgIpc) is 3.24. The van der Waals surface area contributed by atoms with Crippen molar-refractivity contribution in [3.63, 3.8) is 0 Å². The highest BCUT2D eigenvalue weighted by molar-refractivity contribution is 6.42. The van der Waals surface area contributed by atoms with Crippen molar-refractivity contribution in [2.24, 2.45) is 0 Å². The number of hydrogen-bond donors (Lipinski definition) is 1. The lowest BCUT2D eigenvalue weighted by molar-refractivity contribution is -0.133. The lowest BCUT2D eigenvalue weighted by atomic mass is 9.82. The van der Waals surface area contributed by atoms with Crippen LogP contribution in [0.1, 0.15) is 42.0 Å². The lowest BCUT2D eigenvalue weighted by Crippen LogP contribution is -2.48. The van der Waals surface area contributed by atoms with Gasteiger partial charge in [0.15, 0.2) is 0 Å². The molecule has 2 aliphatic rings. The molecule has 0 aromatic heterocycles. The summed E-state index contributed by atoms with van der Waals surface area (Å²) >= 11 is 12.1. The van der Waals surface area contributed by atoms with Gasteiger partial charge in [-0.2, -0.15) is 0 Å². The van der Waals surface area contributed by atoms with Crippen LogP contribution in [-0.4, -0.2) is 47.0 Å². The van der Waals surface area contributed by atoms with E-state index in [4.69, 9.17) is 23.2 Å². The van der Waals surface area contributed by atoms with E-state index in [1.165, 1.54) is 12.8 Å². The van der Waals surface area contributed by atoms with Gasteiger partial charge in [0, 0.05) is 13.1 Å². The largest absolute Gasteiger partial charge is 0.508 e. The highest BCUT2D eigenvalue weighted by Crippen LogP contribution is 2.39. The highest BCUT2D eigenvalue weighted by Gasteiger charge is 2.38. The summed E-state index contributed by atoms with van der Waals surface area (Å²) in [6.45, 7) is 2.17. The van der Waals surface area contributed by atoms with Crippen LogP contribution < -0.4 is 0 Å². The molecular formula is C23H27Cl3N2O2. The van der Waals surface area contributed by atoms with Crippen molar-refractivity contribution < 1.29 is 9.90 Å². The number of rotatable bonds is 4. The Morgan fingerprint density at radius 2 is 1.87 bits per heavy atom. The molecule has 1 aliphatic heterocycles. The van der Waals surface area contributed by atoms with E-state index >= 15 is 0 Å². The fraction of sp³-hybridized carbons (Fsp3) is 0.435. The van der Waals surface area contributed by atoms with E-state index in [-0.39, 0.29) is 36.5 Å². The lowest BCUT2D eigenvalue weighted by Gasteiger charge is -2.43. The van der Waals surface area contributed by atoms with Crippen molar-refractivity contribution >= 4 is 41.5 Å². The number of aryl methyl sites for hydroxylation is 1. The quantitative estimate of drug-likeness (QED) is 0.663. The van der Waals surface area contributed by atoms with Gasteiger partial charge in [0.25, 0.3) is 0 Å². The van der Waals surface area contributed by atoms with Crippen molar-refractivity contribution in [1.82, 2.24) is 9.80 Å². The number of likely N-dealkylation sites (N-methyl/N-ethyl adjacent to an activating group) is 1. The molecule has 2 aromatic rings. The number of aromatic hydroxyl groups is 1. The number of carbonyl (C=O) groups is 1. The molecular weight excluding hydrogens is 443 g/mol. The molecule has 4 nitrogen and oxygen atoms in total. The maximum absolute atomic E-state index is 13.2. The third-order valence-electron chi connectivity index (χ3n) is 6.28. The maximum Gasteiger partial charge on any atom is 0.227 e. The van der Waals surface area contributed by atoms with Gasteiger partial charge >= 0.3 is 0 Å². The van der Waals surface area contributed by atoms with Gasteiger partial charge in [-0.05, 0) is 79.7 Å². The third-order valence-corrected chi connectivity index (χ3v) is 7.02. The zero-order chi connectivity index (χ0) is 20.5. The van der Waals surface area contributed by atoms with E-state index in [2.05, 4.69) is 4.90 Å². The summed E-state index contributed by atoms with van der Waals surface area (Å²) in [5, 5.41) is 10.9. The smallest absolute Gasteiger partial charge is 0.227 e. The SMILES string of the molecule is CN(C(=O)Cc1ccc(Cl)c(Cl)c1)[C@H]1c2ccc(O)cc2CC[C@@H]1N1CCCC1.Cl. The molecule has 7 heteroatoms. The highest BCUT2D eigenvalue weighted by atomic mass is 35.5. The minimum Gasteiger partial charge on any atom is -0.508 e. The number of halogens is 3. The molecule has 2 aromatic carbocycles. The van der Waals surface area contributed by atoms with Crippen LogP contribution in [0.5, 0.6) is 5.75 Å². The van der Waals surface area contributed by atoms with Crippen LogP contribution in [0.15, 0.2) is 36.4 Å². The Hall–Kier alpha value is -1.46. The number of fused-ring (bicyclic) bond motifs is 1. The van der Waals surface area contributed by atoms with Crippen LogP contribution in [0.3, 0.4) is 0 Å². The standard InChI is InChI=1S/C23H26Cl2N2O2.ClH/c1-26(22(29)13-15-4-8-19(24)20(25)12-15)23-18-7-6-17(28)14-16(18)5-9-21(23)27-10-2-3-11-27;/h4,6-8,12,14,21,23,28H,2-3,5,9-11,13H2,1H3;1H/t21-,23-;/m0./s1. The van der Waals surface area contributed by atoms with Crippen LogP contribution in [0, 0.1) is 0 Å². The van der Waals surface area contributed by atoms with Gasteiger partial charge in [-0.25, -0.2) is 0 Å². The van der Waals surface area contributed by atoms with Crippen LogP contribution >= 0.6 is 35.6 Å². The molecule has 30 heavy (non-hydrogen) atoms. The Balaban J connectivity index is 0.00000256. The normalized spacial score (nSPS) is 21.0. The number of hydrogen-bond acceptors (Lipinski definition) is 3. The molecule has 162 valence electrons. The first-order valence-electron chi connectivity index (χ1n) is 10.2. The summed E-state index contributed by atoms with van der Waals surface area (Å²) in [5.41, 5.74) is 3.14. The summed E-state index contributed by atoms with van der Waals surface area (Å²) in [6, 6.07) is 11.2. The molecule has 1 aliphatic carbocycles. The second-order valence-electron chi connectivity index (χ2n) is 8.11.